The molecule has 0 aromatic heterocycles. The molecule has 0 aromatic rings. The van der Waals surface area contributed by atoms with Crippen molar-refractivity contribution in [1.82, 2.24) is 10.6 Å². The van der Waals surface area contributed by atoms with Crippen molar-refractivity contribution in [3.8, 4) is 0 Å². The molecule has 1 aliphatic carbocycles. The molecule has 1 amide bonds. The standard InChI is InChI=1S/C14H26N2O/c1-4-5-14(6-8-15-9-7-14)12(17)16-11-10-13(11,2)3/h11,15H,4-10H2,1-3H3,(H,16,17). The minimum absolute atomic E-state index is 0.0847. The Morgan fingerprint density at radius 3 is 2.41 bits per heavy atom. The maximum Gasteiger partial charge on any atom is 0.226 e. The monoisotopic (exact) mass is 238 g/mol. The van der Waals surface area contributed by atoms with E-state index in [0.29, 0.717) is 17.4 Å². The van der Waals surface area contributed by atoms with Crippen LogP contribution in [0.4, 0.5) is 0 Å². The van der Waals surface area contributed by atoms with Crippen LogP contribution in [0, 0.1) is 10.8 Å². The van der Waals surface area contributed by atoms with E-state index in [1.54, 1.807) is 0 Å². The highest BCUT2D eigenvalue weighted by atomic mass is 16.2. The van der Waals surface area contributed by atoms with Gasteiger partial charge in [0, 0.05) is 6.04 Å². The second kappa shape index (κ2) is 4.60. The Bertz CT molecular complexity index is 287. The predicted octanol–water partition coefficient (Wildman–Crippen LogP) is 2.07. The molecule has 0 radical (unpaired) electrons. The summed E-state index contributed by atoms with van der Waals surface area (Å²) >= 11 is 0. The largest absolute Gasteiger partial charge is 0.352 e. The van der Waals surface area contributed by atoms with E-state index < -0.39 is 0 Å². The van der Waals surface area contributed by atoms with Crippen molar-refractivity contribution in [1.29, 1.82) is 0 Å². The third-order valence-electron chi connectivity index (χ3n) is 4.59. The third-order valence-corrected chi connectivity index (χ3v) is 4.59. The van der Waals surface area contributed by atoms with Crippen molar-refractivity contribution in [3.63, 3.8) is 0 Å². The van der Waals surface area contributed by atoms with Crippen LogP contribution in [0.1, 0.15) is 52.9 Å². The molecule has 2 N–H and O–H groups in total. The Labute approximate surface area is 105 Å². The predicted molar refractivity (Wildman–Crippen MR) is 69.8 cm³/mol. The van der Waals surface area contributed by atoms with E-state index in [0.717, 1.165) is 45.2 Å². The molecule has 1 saturated carbocycles. The molecule has 2 aliphatic rings. The molecular formula is C14H26N2O. The van der Waals surface area contributed by atoms with E-state index in [1.165, 1.54) is 0 Å². The number of amides is 1. The first-order chi connectivity index (χ1) is 8.00. The fraction of sp³-hybridized carbons (Fsp3) is 0.929. The second-order valence-corrected chi connectivity index (χ2v) is 6.50. The number of piperidine rings is 1. The topological polar surface area (TPSA) is 41.1 Å². The molecule has 17 heavy (non-hydrogen) atoms. The van der Waals surface area contributed by atoms with Crippen LogP contribution in [0.2, 0.25) is 0 Å². The minimum atomic E-state index is -0.0847. The summed E-state index contributed by atoms with van der Waals surface area (Å²) in [4.78, 5) is 12.5. The van der Waals surface area contributed by atoms with Crippen molar-refractivity contribution in [2.75, 3.05) is 13.1 Å². The van der Waals surface area contributed by atoms with Gasteiger partial charge in [0.05, 0.1) is 5.41 Å². The lowest BCUT2D eigenvalue weighted by Crippen LogP contribution is -2.48. The summed E-state index contributed by atoms with van der Waals surface area (Å²) in [7, 11) is 0. The number of hydrogen-bond donors (Lipinski definition) is 2. The molecule has 1 atom stereocenters. The minimum Gasteiger partial charge on any atom is -0.352 e. The summed E-state index contributed by atoms with van der Waals surface area (Å²) in [5, 5.41) is 6.63. The van der Waals surface area contributed by atoms with Gasteiger partial charge in [-0.2, -0.15) is 0 Å². The smallest absolute Gasteiger partial charge is 0.226 e. The van der Waals surface area contributed by atoms with Crippen molar-refractivity contribution in [2.45, 2.75) is 58.9 Å². The van der Waals surface area contributed by atoms with Crippen LogP contribution < -0.4 is 10.6 Å². The van der Waals surface area contributed by atoms with Gasteiger partial charge < -0.3 is 10.6 Å². The summed E-state index contributed by atoms with van der Waals surface area (Å²) in [5.41, 5.74) is 0.245. The Balaban J connectivity index is 1.97. The summed E-state index contributed by atoms with van der Waals surface area (Å²) in [5.74, 6) is 0.316. The van der Waals surface area contributed by atoms with Gasteiger partial charge in [0.1, 0.15) is 0 Å². The molecule has 98 valence electrons. The molecule has 3 nitrogen and oxygen atoms in total. The average Bonchev–Trinajstić information content (AvgIpc) is 2.87. The molecule has 0 spiro atoms. The van der Waals surface area contributed by atoms with Gasteiger partial charge in [-0.1, -0.05) is 27.2 Å². The van der Waals surface area contributed by atoms with Gasteiger partial charge in [-0.3, -0.25) is 4.79 Å². The van der Waals surface area contributed by atoms with E-state index in [-0.39, 0.29) is 5.41 Å². The highest BCUT2D eigenvalue weighted by Crippen LogP contribution is 2.45. The molecule has 2 rings (SSSR count). The van der Waals surface area contributed by atoms with Crippen molar-refractivity contribution >= 4 is 5.91 Å². The van der Waals surface area contributed by atoms with E-state index in [2.05, 4.69) is 31.4 Å². The first-order valence-electron chi connectivity index (χ1n) is 7.02. The number of rotatable bonds is 4. The van der Waals surface area contributed by atoms with Crippen molar-refractivity contribution < 1.29 is 4.79 Å². The second-order valence-electron chi connectivity index (χ2n) is 6.50. The number of carbonyl (C=O) groups excluding carboxylic acids is 1. The van der Waals surface area contributed by atoms with Gasteiger partial charge in [-0.05, 0) is 44.2 Å². The normalized spacial score (nSPS) is 29.7. The van der Waals surface area contributed by atoms with Crippen LogP contribution in [0.5, 0.6) is 0 Å². The van der Waals surface area contributed by atoms with Gasteiger partial charge in [-0.15, -0.1) is 0 Å². The first kappa shape index (κ1) is 12.9. The average molecular weight is 238 g/mol. The van der Waals surface area contributed by atoms with Gasteiger partial charge in [-0.25, -0.2) is 0 Å². The molecule has 2 fully saturated rings. The molecule has 1 saturated heterocycles. The highest BCUT2D eigenvalue weighted by molar-refractivity contribution is 5.83. The van der Waals surface area contributed by atoms with Crippen LogP contribution >= 0.6 is 0 Å². The SMILES string of the molecule is CCCC1(C(=O)NC2CC2(C)C)CCNCC1. The molecule has 0 aromatic carbocycles. The summed E-state index contributed by atoms with van der Waals surface area (Å²) in [6.07, 6.45) is 5.27. The Morgan fingerprint density at radius 2 is 1.94 bits per heavy atom. The molecule has 0 bridgehead atoms. The van der Waals surface area contributed by atoms with E-state index in [9.17, 15) is 4.79 Å². The Kier molecular flexibility index (Phi) is 3.48. The van der Waals surface area contributed by atoms with E-state index in [4.69, 9.17) is 0 Å². The maximum absolute atomic E-state index is 12.5. The molecule has 1 heterocycles. The summed E-state index contributed by atoms with van der Waals surface area (Å²) < 4.78 is 0. The summed E-state index contributed by atoms with van der Waals surface area (Å²) in [6, 6.07) is 0.415. The van der Waals surface area contributed by atoms with E-state index in [1.807, 2.05) is 0 Å². The quantitative estimate of drug-likeness (QED) is 0.787. The number of nitrogens with one attached hydrogen (secondary N) is 2. The van der Waals surface area contributed by atoms with Gasteiger partial charge >= 0.3 is 0 Å². The number of hydrogen-bond acceptors (Lipinski definition) is 2. The fourth-order valence-corrected chi connectivity index (χ4v) is 3.00. The lowest BCUT2D eigenvalue weighted by atomic mass is 9.74. The van der Waals surface area contributed by atoms with Crippen LogP contribution in [0.25, 0.3) is 0 Å². The van der Waals surface area contributed by atoms with Crippen LogP contribution in [-0.2, 0) is 4.79 Å². The molecule has 1 aliphatic heterocycles. The molecule has 3 heteroatoms. The van der Waals surface area contributed by atoms with Crippen molar-refractivity contribution in [2.24, 2.45) is 10.8 Å². The van der Waals surface area contributed by atoms with E-state index >= 15 is 0 Å². The Hall–Kier alpha value is -0.570. The third kappa shape index (κ3) is 2.65. The van der Waals surface area contributed by atoms with Gasteiger partial charge in [0.2, 0.25) is 5.91 Å². The molecular weight excluding hydrogens is 212 g/mol. The van der Waals surface area contributed by atoms with Gasteiger partial charge in [0.15, 0.2) is 0 Å². The Morgan fingerprint density at radius 1 is 1.35 bits per heavy atom. The zero-order chi connectivity index (χ0) is 12.5. The zero-order valence-electron chi connectivity index (χ0n) is 11.4. The fourth-order valence-electron chi connectivity index (χ4n) is 3.00. The van der Waals surface area contributed by atoms with Crippen LogP contribution in [0.15, 0.2) is 0 Å². The van der Waals surface area contributed by atoms with Gasteiger partial charge in [0.25, 0.3) is 0 Å². The van der Waals surface area contributed by atoms with Crippen LogP contribution in [0.3, 0.4) is 0 Å². The first-order valence-corrected chi connectivity index (χ1v) is 7.02. The van der Waals surface area contributed by atoms with Crippen LogP contribution in [-0.4, -0.2) is 25.0 Å². The number of carbonyl (C=O) groups is 1. The maximum atomic E-state index is 12.5. The highest BCUT2D eigenvalue weighted by Gasteiger charge is 2.49. The van der Waals surface area contributed by atoms with Crippen molar-refractivity contribution in [3.05, 3.63) is 0 Å². The summed E-state index contributed by atoms with van der Waals surface area (Å²) in [6.45, 7) is 8.61. The lowest BCUT2D eigenvalue weighted by molar-refractivity contribution is -0.133. The zero-order valence-corrected chi connectivity index (χ0v) is 11.4. The lowest BCUT2D eigenvalue weighted by Gasteiger charge is -2.36. The molecule has 1 unspecified atom stereocenters.